The van der Waals surface area contributed by atoms with Crippen LogP contribution in [0.25, 0.3) is 0 Å². The van der Waals surface area contributed by atoms with Crippen molar-refractivity contribution in [2.24, 2.45) is 0 Å². The molecular formula is C18H30N2O. The lowest BCUT2D eigenvalue weighted by Gasteiger charge is -2.41. The Hall–Kier alpha value is -0.900. The average Bonchev–Trinajstić information content (AvgIpc) is 2.56. The third-order valence-electron chi connectivity index (χ3n) is 4.48. The van der Waals surface area contributed by atoms with E-state index >= 15 is 0 Å². The second-order valence-electron chi connectivity index (χ2n) is 5.82. The van der Waals surface area contributed by atoms with E-state index in [0.717, 1.165) is 39.1 Å². The van der Waals surface area contributed by atoms with Crippen LogP contribution in [0.3, 0.4) is 0 Å². The van der Waals surface area contributed by atoms with E-state index in [2.05, 4.69) is 61.3 Å². The van der Waals surface area contributed by atoms with Crippen LogP contribution in [-0.4, -0.2) is 43.3 Å². The minimum absolute atomic E-state index is 0.394. The normalized spacial score (nSPS) is 22.9. The fourth-order valence-electron chi connectivity index (χ4n) is 3.35. The molecule has 3 unspecified atom stereocenters. The van der Waals surface area contributed by atoms with Crippen LogP contribution in [0.1, 0.15) is 45.2 Å². The van der Waals surface area contributed by atoms with E-state index in [1.807, 2.05) is 0 Å². The van der Waals surface area contributed by atoms with Gasteiger partial charge in [0.25, 0.3) is 0 Å². The molecular weight excluding hydrogens is 260 g/mol. The Balaban J connectivity index is 2.15. The fourth-order valence-corrected chi connectivity index (χ4v) is 3.35. The second kappa shape index (κ2) is 8.52. The predicted molar refractivity (Wildman–Crippen MR) is 88.5 cm³/mol. The van der Waals surface area contributed by atoms with E-state index in [-0.39, 0.29) is 0 Å². The van der Waals surface area contributed by atoms with Crippen LogP contribution in [0, 0.1) is 0 Å². The van der Waals surface area contributed by atoms with Gasteiger partial charge in [0.1, 0.15) is 0 Å². The van der Waals surface area contributed by atoms with Gasteiger partial charge in [0, 0.05) is 25.2 Å². The van der Waals surface area contributed by atoms with Crippen molar-refractivity contribution in [3.8, 4) is 0 Å². The standard InChI is InChI=1S/C18H30N2O/c1-4-16-14-20(12-13-21-16)17(5-2)18(19-6-3)15-10-8-7-9-11-15/h7-11,16-19H,4-6,12-14H2,1-3H3. The first kappa shape index (κ1) is 16.5. The Morgan fingerprint density at radius 3 is 2.62 bits per heavy atom. The Kier molecular flexibility index (Phi) is 6.68. The van der Waals surface area contributed by atoms with Gasteiger partial charge in [-0.3, -0.25) is 4.90 Å². The van der Waals surface area contributed by atoms with Gasteiger partial charge in [-0.2, -0.15) is 0 Å². The van der Waals surface area contributed by atoms with Gasteiger partial charge in [-0.15, -0.1) is 0 Å². The van der Waals surface area contributed by atoms with E-state index in [0.29, 0.717) is 18.2 Å². The molecule has 1 aliphatic heterocycles. The molecule has 0 spiro atoms. The maximum atomic E-state index is 5.84. The number of nitrogens with one attached hydrogen (secondary N) is 1. The highest BCUT2D eigenvalue weighted by Crippen LogP contribution is 2.25. The number of benzene rings is 1. The average molecular weight is 290 g/mol. The van der Waals surface area contributed by atoms with Crippen molar-refractivity contribution >= 4 is 0 Å². The lowest BCUT2D eigenvalue weighted by atomic mass is 9.95. The van der Waals surface area contributed by atoms with Crippen LogP contribution in [0.5, 0.6) is 0 Å². The number of rotatable bonds is 7. The largest absolute Gasteiger partial charge is 0.376 e. The first-order valence-electron chi connectivity index (χ1n) is 8.44. The summed E-state index contributed by atoms with van der Waals surface area (Å²) in [5.41, 5.74) is 1.39. The van der Waals surface area contributed by atoms with Crippen molar-refractivity contribution in [2.75, 3.05) is 26.2 Å². The summed E-state index contributed by atoms with van der Waals surface area (Å²) in [4.78, 5) is 2.62. The van der Waals surface area contributed by atoms with Crippen LogP contribution in [0.2, 0.25) is 0 Å². The zero-order chi connectivity index (χ0) is 15.1. The maximum absolute atomic E-state index is 5.84. The van der Waals surface area contributed by atoms with Gasteiger partial charge in [0.2, 0.25) is 0 Å². The summed E-state index contributed by atoms with van der Waals surface area (Å²) in [5.74, 6) is 0. The maximum Gasteiger partial charge on any atom is 0.0700 e. The first-order valence-corrected chi connectivity index (χ1v) is 8.44. The lowest BCUT2D eigenvalue weighted by Crippen LogP contribution is -2.51. The molecule has 3 heteroatoms. The number of likely N-dealkylation sites (N-methyl/N-ethyl adjacent to an activating group) is 1. The number of morpholine rings is 1. The topological polar surface area (TPSA) is 24.5 Å². The van der Waals surface area contributed by atoms with Crippen molar-refractivity contribution in [3.05, 3.63) is 35.9 Å². The molecule has 1 aliphatic rings. The molecule has 1 N–H and O–H groups in total. The Bertz CT molecular complexity index is 395. The molecule has 1 fully saturated rings. The molecule has 1 aromatic rings. The Labute approximate surface area is 129 Å². The van der Waals surface area contributed by atoms with Gasteiger partial charge < -0.3 is 10.1 Å². The van der Waals surface area contributed by atoms with Crippen molar-refractivity contribution in [1.29, 1.82) is 0 Å². The van der Waals surface area contributed by atoms with Gasteiger partial charge in [0.15, 0.2) is 0 Å². The quantitative estimate of drug-likeness (QED) is 0.834. The van der Waals surface area contributed by atoms with Crippen LogP contribution < -0.4 is 5.32 Å². The van der Waals surface area contributed by atoms with E-state index in [1.54, 1.807) is 0 Å². The molecule has 0 amide bonds. The number of hydrogen-bond acceptors (Lipinski definition) is 3. The molecule has 0 bridgehead atoms. The SMILES string of the molecule is CCNC(c1ccccc1)C(CC)N1CCOC(CC)C1. The smallest absolute Gasteiger partial charge is 0.0700 e. The molecule has 1 saturated heterocycles. The zero-order valence-corrected chi connectivity index (χ0v) is 13.7. The van der Waals surface area contributed by atoms with E-state index in [9.17, 15) is 0 Å². The fraction of sp³-hybridized carbons (Fsp3) is 0.667. The van der Waals surface area contributed by atoms with Gasteiger partial charge in [-0.25, -0.2) is 0 Å². The van der Waals surface area contributed by atoms with E-state index in [1.165, 1.54) is 5.56 Å². The van der Waals surface area contributed by atoms with Crippen LogP contribution >= 0.6 is 0 Å². The van der Waals surface area contributed by atoms with Crippen LogP contribution in [-0.2, 0) is 4.74 Å². The van der Waals surface area contributed by atoms with Crippen molar-refractivity contribution in [1.82, 2.24) is 10.2 Å². The molecule has 1 aromatic carbocycles. The second-order valence-corrected chi connectivity index (χ2v) is 5.82. The molecule has 0 radical (unpaired) electrons. The molecule has 1 heterocycles. The van der Waals surface area contributed by atoms with E-state index < -0.39 is 0 Å². The molecule has 2 rings (SSSR count). The third-order valence-corrected chi connectivity index (χ3v) is 4.48. The first-order chi connectivity index (χ1) is 10.3. The summed E-state index contributed by atoms with van der Waals surface area (Å²) >= 11 is 0. The predicted octanol–water partition coefficient (Wildman–Crippen LogP) is 3.23. The minimum Gasteiger partial charge on any atom is -0.376 e. The van der Waals surface area contributed by atoms with Crippen LogP contribution in [0.15, 0.2) is 30.3 Å². The molecule has 3 atom stereocenters. The van der Waals surface area contributed by atoms with Gasteiger partial charge in [0.05, 0.1) is 12.7 Å². The van der Waals surface area contributed by atoms with Gasteiger partial charge in [-0.05, 0) is 24.9 Å². The summed E-state index contributed by atoms with van der Waals surface area (Å²) in [5, 5.41) is 3.70. The number of nitrogens with zero attached hydrogens (tertiary/aromatic N) is 1. The number of hydrogen-bond donors (Lipinski definition) is 1. The zero-order valence-electron chi connectivity index (χ0n) is 13.7. The summed E-state index contributed by atoms with van der Waals surface area (Å²) in [6, 6.07) is 11.8. The molecule has 118 valence electrons. The lowest BCUT2D eigenvalue weighted by molar-refractivity contribution is -0.0503. The summed E-state index contributed by atoms with van der Waals surface area (Å²) in [6.07, 6.45) is 2.65. The molecule has 0 saturated carbocycles. The Morgan fingerprint density at radius 2 is 2.00 bits per heavy atom. The highest BCUT2D eigenvalue weighted by atomic mass is 16.5. The summed E-state index contributed by atoms with van der Waals surface area (Å²) in [6.45, 7) is 10.7. The molecule has 0 aromatic heterocycles. The minimum atomic E-state index is 0.394. The van der Waals surface area contributed by atoms with Gasteiger partial charge >= 0.3 is 0 Å². The monoisotopic (exact) mass is 290 g/mol. The third kappa shape index (κ3) is 4.29. The van der Waals surface area contributed by atoms with Crippen molar-refractivity contribution < 1.29 is 4.74 Å². The highest BCUT2D eigenvalue weighted by molar-refractivity contribution is 5.21. The van der Waals surface area contributed by atoms with Crippen molar-refractivity contribution in [2.45, 2.75) is 51.8 Å². The molecule has 21 heavy (non-hydrogen) atoms. The molecule has 3 nitrogen and oxygen atoms in total. The highest BCUT2D eigenvalue weighted by Gasteiger charge is 2.30. The Morgan fingerprint density at radius 1 is 1.24 bits per heavy atom. The number of ether oxygens (including phenoxy) is 1. The molecule has 0 aliphatic carbocycles. The van der Waals surface area contributed by atoms with Gasteiger partial charge in [-0.1, -0.05) is 51.1 Å². The van der Waals surface area contributed by atoms with Crippen LogP contribution in [0.4, 0.5) is 0 Å². The van der Waals surface area contributed by atoms with Crippen molar-refractivity contribution in [3.63, 3.8) is 0 Å². The van der Waals surface area contributed by atoms with E-state index in [4.69, 9.17) is 4.74 Å². The summed E-state index contributed by atoms with van der Waals surface area (Å²) in [7, 11) is 0. The summed E-state index contributed by atoms with van der Waals surface area (Å²) < 4.78 is 5.84.